The molecule has 0 N–H and O–H groups in total. The summed E-state index contributed by atoms with van der Waals surface area (Å²) in [5.41, 5.74) is 2.74. The van der Waals surface area contributed by atoms with Crippen LogP contribution in [0.5, 0.6) is 0 Å². The number of nitrogens with zero attached hydrogens (tertiary/aromatic N) is 5. The second-order valence-corrected chi connectivity index (χ2v) is 6.61. The number of para-hydroxylation sites is 1. The van der Waals surface area contributed by atoms with Gasteiger partial charge in [-0.3, -0.25) is 0 Å². The summed E-state index contributed by atoms with van der Waals surface area (Å²) in [6, 6.07) is 13.0. The zero-order chi connectivity index (χ0) is 18.4. The largest absolute Gasteiger partial charge is 0.423 e. The number of fused-ring (bicyclic) bond motifs is 2. The van der Waals surface area contributed by atoms with E-state index < -0.39 is 0 Å². The Morgan fingerprint density at radius 3 is 2.70 bits per heavy atom. The minimum atomic E-state index is -0.362. The zero-order valence-corrected chi connectivity index (χ0v) is 14.6. The number of hydrogen-bond donors (Lipinski definition) is 0. The average molecular weight is 361 g/mol. The van der Waals surface area contributed by atoms with E-state index in [4.69, 9.17) is 4.42 Å². The van der Waals surface area contributed by atoms with Gasteiger partial charge in [0.1, 0.15) is 29.5 Å². The molecule has 0 saturated carbocycles. The predicted octanol–water partition coefficient (Wildman–Crippen LogP) is 3.76. The molecule has 1 aliphatic heterocycles. The molecule has 0 fully saturated rings. The fourth-order valence-corrected chi connectivity index (χ4v) is 3.68. The van der Waals surface area contributed by atoms with Crippen molar-refractivity contribution in [3.05, 3.63) is 77.5 Å². The maximum atomic E-state index is 14.2. The first kappa shape index (κ1) is 15.9. The van der Waals surface area contributed by atoms with Crippen molar-refractivity contribution < 1.29 is 8.81 Å². The summed E-state index contributed by atoms with van der Waals surface area (Å²) < 4.78 is 20.0. The second-order valence-electron chi connectivity index (χ2n) is 6.61. The highest BCUT2D eigenvalue weighted by Crippen LogP contribution is 2.38. The van der Waals surface area contributed by atoms with Crippen molar-refractivity contribution in [2.75, 3.05) is 4.90 Å². The fourth-order valence-electron chi connectivity index (χ4n) is 3.68. The highest BCUT2D eigenvalue weighted by Gasteiger charge is 2.33. The van der Waals surface area contributed by atoms with Gasteiger partial charge in [-0.05, 0) is 23.3 Å². The number of aromatic nitrogens is 4. The van der Waals surface area contributed by atoms with E-state index >= 15 is 0 Å². The van der Waals surface area contributed by atoms with E-state index in [1.54, 1.807) is 13.0 Å². The normalized spacial score (nSPS) is 16.5. The van der Waals surface area contributed by atoms with Gasteiger partial charge < -0.3 is 9.32 Å². The summed E-state index contributed by atoms with van der Waals surface area (Å²) in [6.07, 6.45) is 2.11. The Morgan fingerprint density at radius 1 is 1.04 bits per heavy atom. The molecule has 2 aromatic heterocycles. The molecule has 7 heteroatoms. The van der Waals surface area contributed by atoms with E-state index in [1.165, 1.54) is 23.5 Å². The lowest BCUT2D eigenvalue weighted by Gasteiger charge is -2.36. The molecule has 27 heavy (non-hydrogen) atoms. The van der Waals surface area contributed by atoms with E-state index in [-0.39, 0.29) is 11.9 Å². The molecule has 2 aromatic carbocycles. The van der Waals surface area contributed by atoms with Crippen molar-refractivity contribution in [3.8, 4) is 0 Å². The van der Waals surface area contributed by atoms with Crippen LogP contribution in [0.25, 0.3) is 10.9 Å². The number of rotatable bonds is 2. The van der Waals surface area contributed by atoms with E-state index in [1.807, 2.05) is 18.2 Å². The monoisotopic (exact) mass is 361 g/mol. The molecular formula is C20H16FN5O. The molecule has 0 aliphatic carbocycles. The van der Waals surface area contributed by atoms with Crippen LogP contribution in [0, 0.1) is 12.7 Å². The average Bonchev–Trinajstić information content (AvgIpc) is 3.13. The third kappa shape index (κ3) is 2.63. The smallest absolute Gasteiger partial charge is 0.239 e. The van der Waals surface area contributed by atoms with Gasteiger partial charge in [-0.25, -0.2) is 14.4 Å². The summed E-state index contributed by atoms with van der Waals surface area (Å²) in [5, 5.41) is 8.89. The summed E-state index contributed by atoms with van der Waals surface area (Å²) >= 11 is 0. The molecule has 1 aliphatic rings. The molecule has 0 amide bonds. The highest BCUT2D eigenvalue weighted by atomic mass is 19.1. The number of halogens is 1. The first-order valence-corrected chi connectivity index (χ1v) is 8.73. The van der Waals surface area contributed by atoms with Gasteiger partial charge in [-0.15, -0.1) is 10.2 Å². The van der Waals surface area contributed by atoms with E-state index in [9.17, 15) is 4.39 Å². The molecule has 0 bridgehead atoms. The number of anilines is 1. The molecule has 3 heterocycles. The molecule has 5 rings (SSSR count). The lowest BCUT2D eigenvalue weighted by molar-refractivity contribution is 0.403. The van der Waals surface area contributed by atoms with Crippen LogP contribution in [-0.4, -0.2) is 20.2 Å². The van der Waals surface area contributed by atoms with E-state index in [2.05, 4.69) is 37.2 Å². The third-order valence-corrected chi connectivity index (χ3v) is 4.94. The lowest BCUT2D eigenvalue weighted by atomic mass is 9.93. The summed E-state index contributed by atoms with van der Waals surface area (Å²) in [7, 11) is 0. The third-order valence-electron chi connectivity index (χ3n) is 4.94. The Hall–Kier alpha value is -3.35. The highest BCUT2D eigenvalue weighted by molar-refractivity contribution is 5.89. The molecule has 0 saturated heterocycles. The van der Waals surface area contributed by atoms with Crippen LogP contribution >= 0.6 is 0 Å². The van der Waals surface area contributed by atoms with Crippen molar-refractivity contribution in [2.45, 2.75) is 25.9 Å². The van der Waals surface area contributed by atoms with Crippen LogP contribution in [0.4, 0.5) is 10.2 Å². The number of aryl methyl sites for hydroxylation is 1. The predicted molar refractivity (Wildman–Crippen MR) is 97.6 cm³/mol. The maximum absolute atomic E-state index is 14.2. The number of benzene rings is 2. The van der Waals surface area contributed by atoms with Crippen molar-refractivity contribution >= 4 is 16.7 Å². The quantitative estimate of drug-likeness (QED) is 0.541. The second kappa shape index (κ2) is 6.12. The van der Waals surface area contributed by atoms with Gasteiger partial charge in [0, 0.05) is 25.3 Å². The van der Waals surface area contributed by atoms with Crippen molar-refractivity contribution in [3.63, 3.8) is 0 Å². The van der Waals surface area contributed by atoms with Crippen LogP contribution in [-0.2, 0) is 13.0 Å². The molecule has 1 unspecified atom stereocenters. The van der Waals surface area contributed by atoms with E-state index in [0.717, 1.165) is 0 Å². The van der Waals surface area contributed by atoms with Crippen LogP contribution < -0.4 is 4.90 Å². The van der Waals surface area contributed by atoms with Crippen molar-refractivity contribution in [2.24, 2.45) is 0 Å². The lowest BCUT2D eigenvalue weighted by Crippen LogP contribution is -2.35. The Labute approximate surface area is 154 Å². The standard InChI is InChI=1S/C20H16FN5O/c1-12-24-25-20(27-12)17-9-13-5-2-3-6-14(13)10-26(17)19-15-7-4-8-16(21)18(15)22-11-23-19/h2-8,11,17H,9-10H2,1H3. The maximum Gasteiger partial charge on any atom is 0.239 e. The first-order chi connectivity index (χ1) is 13.2. The minimum absolute atomic E-state index is 0.178. The topological polar surface area (TPSA) is 67.9 Å². The van der Waals surface area contributed by atoms with Gasteiger partial charge in [0.15, 0.2) is 0 Å². The Morgan fingerprint density at radius 2 is 1.89 bits per heavy atom. The molecule has 1 atom stereocenters. The zero-order valence-electron chi connectivity index (χ0n) is 14.6. The van der Waals surface area contributed by atoms with Gasteiger partial charge in [0.25, 0.3) is 0 Å². The van der Waals surface area contributed by atoms with Gasteiger partial charge in [0.2, 0.25) is 11.8 Å². The molecule has 6 nitrogen and oxygen atoms in total. The van der Waals surface area contributed by atoms with Crippen molar-refractivity contribution in [1.29, 1.82) is 0 Å². The van der Waals surface area contributed by atoms with Gasteiger partial charge in [0.05, 0.1) is 0 Å². The SMILES string of the molecule is Cc1nnc(C2Cc3ccccc3CN2c2ncnc3c(F)cccc23)o1. The molecule has 4 aromatic rings. The first-order valence-electron chi connectivity index (χ1n) is 8.73. The van der Waals surface area contributed by atoms with Crippen molar-refractivity contribution in [1.82, 2.24) is 20.2 Å². The molecule has 0 spiro atoms. The van der Waals surface area contributed by atoms with Gasteiger partial charge in [-0.1, -0.05) is 30.3 Å². The minimum Gasteiger partial charge on any atom is -0.423 e. The van der Waals surface area contributed by atoms with Crippen LogP contribution in [0.3, 0.4) is 0 Å². The van der Waals surface area contributed by atoms with Crippen LogP contribution in [0.1, 0.15) is 29.0 Å². The molecule has 0 radical (unpaired) electrons. The molecule has 134 valence electrons. The summed E-state index contributed by atoms with van der Waals surface area (Å²) in [4.78, 5) is 10.7. The van der Waals surface area contributed by atoms with Gasteiger partial charge >= 0.3 is 0 Å². The Bertz CT molecular complexity index is 1140. The van der Waals surface area contributed by atoms with Gasteiger partial charge in [-0.2, -0.15) is 0 Å². The van der Waals surface area contributed by atoms with E-state index in [0.29, 0.717) is 41.5 Å². The number of hydrogen-bond acceptors (Lipinski definition) is 6. The molecular weight excluding hydrogens is 345 g/mol. The Kier molecular flexibility index (Phi) is 3.60. The van der Waals surface area contributed by atoms with Crippen LogP contribution in [0.2, 0.25) is 0 Å². The fraction of sp³-hybridized carbons (Fsp3) is 0.200. The summed E-state index contributed by atoms with van der Waals surface area (Å²) in [6.45, 7) is 2.39. The summed E-state index contributed by atoms with van der Waals surface area (Å²) in [5.74, 6) is 1.35. The van der Waals surface area contributed by atoms with Crippen LogP contribution in [0.15, 0.2) is 53.2 Å². The Balaban J connectivity index is 1.70.